The second kappa shape index (κ2) is 12.3. The number of sulfonamides is 1. The third-order valence-corrected chi connectivity index (χ3v) is 7.33. The van der Waals surface area contributed by atoms with Gasteiger partial charge in [0.25, 0.3) is 10.0 Å². The SMILES string of the molecule is COc1ccc(-c2ccccc2F)cc1S(=O)(=O)Nc1cccc(N(CCOC(N)=O)Cc2ccccc2)c1. The molecule has 0 bridgehead atoms. The van der Waals surface area contributed by atoms with Gasteiger partial charge in [-0.05, 0) is 47.5 Å². The van der Waals surface area contributed by atoms with Crippen LogP contribution in [0.3, 0.4) is 0 Å². The number of benzene rings is 4. The van der Waals surface area contributed by atoms with Crippen LogP contribution in [0.4, 0.5) is 20.6 Å². The zero-order valence-corrected chi connectivity index (χ0v) is 22.0. The van der Waals surface area contributed by atoms with Crippen molar-refractivity contribution in [3.63, 3.8) is 0 Å². The first-order valence-electron chi connectivity index (χ1n) is 12.0. The van der Waals surface area contributed by atoms with Gasteiger partial charge in [0.1, 0.15) is 23.1 Å². The largest absolute Gasteiger partial charge is 0.495 e. The van der Waals surface area contributed by atoms with Gasteiger partial charge in [-0.3, -0.25) is 4.72 Å². The Kier molecular flexibility index (Phi) is 8.67. The Hall–Kier alpha value is -4.57. The second-order valence-electron chi connectivity index (χ2n) is 8.58. The van der Waals surface area contributed by atoms with Crippen molar-refractivity contribution in [2.24, 2.45) is 5.73 Å². The minimum absolute atomic E-state index is 0.0537. The number of carbonyl (C=O) groups excluding carboxylic acids is 1. The highest BCUT2D eigenvalue weighted by atomic mass is 32.2. The maximum Gasteiger partial charge on any atom is 0.404 e. The summed E-state index contributed by atoms with van der Waals surface area (Å²) in [5.41, 5.74) is 7.79. The molecule has 0 spiro atoms. The molecule has 4 rings (SSSR count). The number of nitrogens with one attached hydrogen (secondary N) is 1. The zero-order valence-electron chi connectivity index (χ0n) is 21.2. The third kappa shape index (κ3) is 7.05. The van der Waals surface area contributed by atoms with E-state index >= 15 is 0 Å². The average Bonchev–Trinajstić information content (AvgIpc) is 2.93. The van der Waals surface area contributed by atoms with Gasteiger partial charge in [0.05, 0.1) is 19.3 Å². The third-order valence-electron chi connectivity index (χ3n) is 5.92. The lowest BCUT2D eigenvalue weighted by Crippen LogP contribution is -2.29. The van der Waals surface area contributed by atoms with E-state index in [4.69, 9.17) is 15.2 Å². The van der Waals surface area contributed by atoms with Crippen LogP contribution in [-0.2, 0) is 21.3 Å². The molecule has 39 heavy (non-hydrogen) atoms. The van der Waals surface area contributed by atoms with Gasteiger partial charge >= 0.3 is 6.09 Å². The summed E-state index contributed by atoms with van der Waals surface area (Å²) in [6.45, 7) is 0.863. The number of ether oxygens (including phenoxy) is 2. The maximum atomic E-state index is 14.4. The van der Waals surface area contributed by atoms with Gasteiger partial charge in [-0.1, -0.05) is 60.7 Å². The first-order valence-corrected chi connectivity index (χ1v) is 13.5. The minimum atomic E-state index is -4.13. The number of carbonyl (C=O) groups is 1. The van der Waals surface area contributed by atoms with Crippen LogP contribution in [0.15, 0.2) is 102 Å². The Morgan fingerprint density at radius 3 is 2.41 bits per heavy atom. The Morgan fingerprint density at radius 1 is 0.949 bits per heavy atom. The fourth-order valence-electron chi connectivity index (χ4n) is 4.09. The molecule has 4 aromatic rings. The smallest absolute Gasteiger partial charge is 0.404 e. The van der Waals surface area contributed by atoms with E-state index in [-0.39, 0.29) is 22.8 Å². The maximum absolute atomic E-state index is 14.4. The summed E-state index contributed by atoms with van der Waals surface area (Å²) < 4.78 is 54.2. The highest BCUT2D eigenvalue weighted by Gasteiger charge is 2.22. The van der Waals surface area contributed by atoms with Crippen LogP contribution in [0.1, 0.15) is 5.56 Å². The monoisotopic (exact) mass is 549 g/mol. The predicted molar refractivity (Wildman–Crippen MR) is 149 cm³/mol. The number of nitrogens with two attached hydrogens (primary N) is 1. The van der Waals surface area contributed by atoms with E-state index in [1.54, 1.807) is 42.5 Å². The lowest BCUT2D eigenvalue weighted by molar-refractivity contribution is 0.159. The molecule has 8 nitrogen and oxygen atoms in total. The van der Waals surface area contributed by atoms with E-state index in [9.17, 15) is 17.6 Å². The number of hydrogen-bond donors (Lipinski definition) is 2. The Balaban J connectivity index is 1.63. The number of amides is 1. The van der Waals surface area contributed by atoms with Gasteiger partial charge < -0.3 is 20.1 Å². The van der Waals surface area contributed by atoms with Crippen LogP contribution in [0.2, 0.25) is 0 Å². The highest BCUT2D eigenvalue weighted by Crippen LogP contribution is 2.33. The zero-order chi connectivity index (χ0) is 27.8. The van der Waals surface area contributed by atoms with E-state index in [0.29, 0.717) is 30.0 Å². The minimum Gasteiger partial charge on any atom is -0.495 e. The van der Waals surface area contributed by atoms with Gasteiger partial charge in [0, 0.05) is 17.8 Å². The molecule has 0 heterocycles. The molecule has 0 aromatic heterocycles. The quantitative estimate of drug-likeness (QED) is 0.259. The molecule has 0 aliphatic rings. The van der Waals surface area contributed by atoms with E-state index < -0.39 is 21.9 Å². The van der Waals surface area contributed by atoms with Crippen molar-refractivity contribution >= 4 is 27.5 Å². The van der Waals surface area contributed by atoms with Crippen LogP contribution >= 0.6 is 0 Å². The molecule has 0 atom stereocenters. The molecule has 0 fully saturated rings. The van der Waals surface area contributed by atoms with Crippen molar-refractivity contribution in [1.82, 2.24) is 0 Å². The van der Waals surface area contributed by atoms with Gasteiger partial charge in [-0.25, -0.2) is 17.6 Å². The molecule has 10 heteroatoms. The molecule has 0 aliphatic carbocycles. The van der Waals surface area contributed by atoms with Crippen molar-refractivity contribution in [1.29, 1.82) is 0 Å². The molecule has 4 aromatic carbocycles. The first kappa shape index (κ1) is 27.5. The topological polar surface area (TPSA) is 111 Å². The number of rotatable bonds is 11. The van der Waals surface area contributed by atoms with Crippen LogP contribution in [0, 0.1) is 5.82 Å². The molecule has 0 saturated carbocycles. The van der Waals surface area contributed by atoms with Crippen molar-refractivity contribution in [2.45, 2.75) is 11.4 Å². The van der Waals surface area contributed by atoms with Gasteiger partial charge in [-0.15, -0.1) is 0 Å². The molecule has 0 unspecified atom stereocenters. The van der Waals surface area contributed by atoms with Gasteiger partial charge in [-0.2, -0.15) is 0 Å². The van der Waals surface area contributed by atoms with Crippen LogP contribution in [0.25, 0.3) is 11.1 Å². The highest BCUT2D eigenvalue weighted by molar-refractivity contribution is 7.92. The molecule has 1 amide bonds. The summed E-state index contributed by atoms with van der Waals surface area (Å²) in [6, 6.07) is 27.1. The number of primary amides is 1. The summed E-state index contributed by atoms with van der Waals surface area (Å²) >= 11 is 0. The van der Waals surface area contributed by atoms with Gasteiger partial charge in [0.15, 0.2) is 0 Å². The van der Waals surface area contributed by atoms with E-state index in [1.165, 1.54) is 25.3 Å². The fraction of sp³-hybridized carbons (Fsp3) is 0.138. The molecular formula is C29H28FN3O5S. The van der Waals surface area contributed by atoms with Crippen LogP contribution < -0.4 is 20.1 Å². The molecule has 3 N–H and O–H groups in total. The second-order valence-corrected chi connectivity index (χ2v) is 10.2. The summed E-state index contributed by atoms with van der Waals surface area (Å²) in [7, 11) is -2.76. The summed E-state index contributed by atoms with van der Waals surface area (Å²) in [6.07, 6.45) is -0.872. The van der Waals surface area contributed by atoms with Crippen molar-refractivity contribution < 1.29 is 27.1 Å². The standard InChI is InChI=1S/C29H28FN3O5S/c1-37-27-15-14-22(25-12-5-6-13-26(25)30)18-28(27)39(35,36)32-23-10-7-11-24(19-23)33(16-17-38-29(31)34)20-21-8-3-2-4-9-21/h2-15,18-19,32H,16-17,20H2,1H3,(H2,31,34). The summed E-state index contributed by atoms with van der Waals surface area (Å²) in [5, 5.41) is 0. The summed E-state index contributed by atoms with van der Waals surface area (Å²) in [5.74, 6) is -0.349. The Bertz CT molecular complexity index is 1550. The number of nitrogens with zero attached hydrogens (tertiary/aromatic N) is 1. The van der Waals surface area contributed by atoms with Crippen molar-refractivity contribution in [2.75, 3.05) is 29.9 Å². The fourth-order valence-corrected chi connectivity index (χ4v) is 5.33. The van der Waals surface area contributed by atoms with Crippen molar-refractivity contribution in [3.05, 3.63) is 108 Å². The molecular weight excluding hydrogens is 521 g/mol. The van der Waals surface area contributed by atoms with Crippen molar-refractivity contribution in [3.8, 4) is 16.9 Å². The molecule has 0 radical (unpaired) electrons. The number of methoxy groups -OCH3 is 1. The number of halogens is 1. The number of anilines is 2. The molecule has 0 saturated heterocycles. The Morgan fingerprint density at radius 2 is 1.69 bits per heavy atom. The molecule has 202 valence electrons. The van der Waals surface area contributed by atoms with Gasteiger partial charge in [0.2, 0.25) is 0 Å². The first-order chi connectivity index (χ1) is 18.8. The molecule has 0 aliphatic heterocycles. The van der Waals surface area contributed by atoms with E-state index in [2.05, 4.69) is 4.72 Å². The van der Waals surface area contributed by atoms with Crippen LogP contribution in [0.5, 0.6) is 5.75 Å². The summed E-state index contributed by atoms with van der Waals surface area (Å²) in [4.78, 5) is 12.9. The average molecular weight is 550 g/mol. The lowest BCUT2D eigenvalue weighted by atomic mass is 10.1. The van der Waals surface area contributed by atoms with Crippen LogP contribution in [-0.4, -0.2) is 34.8 Å². The van der Waals surface area contributed by atoms with E-state index in [0.717, 1.165) is 5.56 Å². The Labute approximate surface area is 226 Å². The normalized spacial score (nSPS) is 11.0. The predicted octanol–water partition coefficient (Wildman–Crippen LogP) is 5.40. The van der Waals surface area contributed by atoms with E-state index in [1.807, 2.05) is 41.3 Å². The lowest BCUT2D eigenvalue weighted by Gasteiger charge is -2.25. The number of hydrogen-bond acceptors (Lipinski definition) is 6.